The van der Waals surface area contributed by atoms with E-state index in [9.17, 15) is 40.3 Å². The Kier molecular flexibility index (Phi) is 9.13. The molecule has 0 bridgehead atoms. The van der Waals surface area contributed by atoms with E-state index in [1.165, 1.54) is 26.1 Å². The molecule has 0 unspecified atom stereocenters. The third kappa shape index (κ3) is 7.51. The number of hydrogen-bond donors (Lipinski definition) is 1. The summed E-state index contributed by atoms with van der Waals surface area (Å²) in [4.78, 5) is 26.0. The van der Waals surface area contributed by atoms with Crippen LogP contribution >= 0.6 is 0 Å². The zero-order valence-electron chi connectivity index (χ0n) is 18.6. The molecule has 0 saturated carbocycles. The van der Waals surface area contributed by atoms with Crippen LogP contribution < -0.4 is 0 Å². The molecule has 1 N–H and O–H groups in total. The Labute approximate surface area is 198 Å². The largest absolute Gasteiger partial charge is 0.462 e. The molecule has 0 fully saturated rings. The number of aromatic nitrogens is 5. The van der Waals surface area contributed by atoms with Gasteiger partial charge in [-0.25, -0.2) is 14.6 Å². The number of ether oxygens (including phenoxy) is 2. The number of pyridine rings is 1. The standard InChI is InChI=1S/C13H11F4N3O2.C7H7F3N2O2/c1-2-22-12(21)9-7-20(19-11(9)13(15,16)17)6-8-3-4-10(14)18-5-8;1-2-14-6(13)4-3-11-12-5(4)7(8,9)10/h3-5,7H,2,6H2,1H3;3H,2H2,1H3,(H,11,12). The van der Waals surface area contributed by atoms with Crippen LogP contribution in [0.3, 0.4) is 0 Å². The van der Waals surface area contributed by atoms with Gasteiger partial charge in [-0.2, -0.15) is 40.9 Å². The van der Waals surface area contributed by atoms with Crippen LogP contribution in [0.4, 0.5) is 30.7 Å². The van der Waals surface area contributed by atoms with Gasteiger partial charge in [0.05, 0.1) is 26.0 Å². The molecule has 16 heteroatoms. The van der Waals surface area contributed by atoms with Crippen LogP contribution in [0.1, 0.15) is 51.5 Å². The van der Waals surface area contributed by atoms with Gasteiger partial charge in [0.25, 0.3) is 0 Å². The fourth-order valence-electron chi connectivity index (χ4n) is 2.62. The lowest BCUT2D eigenvalue weighted by Crippen LogP contribution is -2.14. The van der Waals surface area contributed by atoms with E-state index in [0.29, 0.717) is 5.56 Å². The topological polar surface area (TPSA) is 112 Å². The number of esters is 2. The van der Waals surface area contributed by atoms with Crippen molar-refractivity contribution in [2.45, 2.75) is 32.7 Å². The zero-order valence-corrected chi connectivity index (χ0v) is 18.6. The molecule has 3 aromatic rings. The van der Waals surface area contributed by atoms with Gasteiger partial charge in [-0.1, -0.05) is 6.07 Å². The molecule has 36 heavy (non-hydrogen) atoms. The molecule has 0 aliphatic carbocycles. The number of halogens is 7. The lowest BCUT2D eigenvalue weighted by atomic mass is 10.2. The van der Waals surface area contributed by atoms with Gasteiger partial charge in [0.15, 0.2) is 11.4 Å². The van der Waals surface area contributed by atoms with Crippen LogP contribution in [0.2, 0.25) is 0 Å². The predicted octanol–water partition coefficient (Wildman–Crippen LogP) is 4.27. The highest BCUT2D eigenvalue weighted by Crippen LogP contribution is 2.31. The van der Waals surface area contributed by atoms with Crippen LogP contribution in [-0.4, -0.2) is 50.1 Å². The Morgan fingerprint density at radius 1 is 0.944 bits per heavy atom. The van der Waals surface area contributed by atoms with Crippen LogP contribution in [0.5, 0.6) is 0 Å². The first-order chi connectivity index (χ1) is 16.8. The number of carbonyl (C=O) groups is 2. The van der Waals surface area contributed by atoms with Gasteiger partial charge < -0.3 is 9.47 Å². The second-order valence-electron chi connectivity index (χ2n) is 6.67. The summed E-state index contributed by atoms with van der Waals surface area (Å²) in [6.07, 6.45) is -6.49. The van der Waals surface area contributed by atoms with E-state index in [0.717, 1.165) is 23.1 Å². The highest BCUT2D eigenvalue weighted by molar-refractivity contribution is 5.91. The van der Waals surface area contributed by atoms with E-state index in [4.69, 9.17) is 0 Å². The van der Waals surface area contributed by atoms with Crippen molar-refractivity contribution in [2.24, 2.45) is 0 Å². The Morgan fingerprint density at radius 3 is 2.06 bits per heavy atom. The summed E-state index contributed by atoms with van der Waals surface area (Å²) in [5, 5.41) is 8.23. The van der Waals surface area contributed by atoms with Gasteiger partial charge in [-0.05, 0) is 25.5 Å². The van der Waals surface area contributed by atoms with Crippen molar-refractivity contribution in [1.29, 1.82) is 0 Å². The van der Waals surface area contributed by atoms with E-state index in [-0.39, 0.29) is 19.8 Å². The Balaban J connectivity index is 0.000000281. The van der Waals surface area contributed by atoms with E-state index in [2.05, 4.69) is 24.7 Å². The second-order valence-corrected chi connectivity index (χ2v) is 6.67. The molecule has 0 aliphatic rings. The summed E-state index contributed by atoms with van der Waals surface area (Å²) in [6.45, 7) is 2.87. The Bertz CT molecular complexity index is 1170. The van der Waals surface area contributed by atoms with Crippen molar-refractivity contribution in [3.8, 4) is 0 Å². The minimum atomic E-state index is -4.78. The van der Waals surface area contributed by atoms with Gasteiger partial charge in [0, 0.05) is 12.4 Å². The van der Waals surface area contributed by atoms with Crippen LogP contribution in [0.25, 0.3) is 0 Å². The van der Waals surface area contributed by atoms with E-state index in [1.807, 2.05) is 0 Å². The van der Waals surface area contributed by atoms with E-state index < -0.39 is 52.8 Å². The summed E-state index contributed by atoms with van der Waals surface area (Å²) < 4.78 is 98.0. The van der Waals surface area contributed by atoms with Crippen LogP contribution in [0, 0.1) is 5.95 Å². The Morgan fingerprint density at radius 2 is 1.56 bits per heavy atom. The number of alkyl halides is 6. The summed E-state index contributed by atoms with van der Waals surface area (Å²) in [7, 11) is 0. The normalized spacial score (nSPS) is 11.5. The maximum Gasteiger partial charge on any atom is 0.436 e. The third-order valence-electron chi connectivity index (χ3n) is 4.08. The van der Waals surface area contributed by atoms with E-state index in [1.54, 1.807) is 5.10 Å². The first-order valence-corrected chi connectivity index (χ1v) is 9.97. The quantitative estimate of drug-likeness (QED) is 0.291. The SMILES string of the molecule is CCOC(=O)c1cn(Cc2ccc(F)nc2)nc1C(F)(F)F.CCOC(=O)c1cn[nH]c1C(F)(F)F. The molecule has 0 aliphatic heterocycles. The average molecular weight is 525 g/mol. The Hall–Kier alpha value is -3.98. The summed E-state index contributed by atoms with van der Waals surface area (Å²) in [5.41, 5.74) is -3.33. The van der Waals surface area contributed by atoms with Crippen molar-refractivity contribution in [1.82, 2.24) is 25.0 Å². The zero-order chi connectivity index (χ0) is 27.1. The number of nitrogens with zero attached hydrogens (tertiary/aromatic N) is 4. The number of nitrogens with one attached hydrogen (secondary N) is 1. The van der Waals surface area contributed by atoms with Crippen molar-refractivity contribution < 1.29 is 49.8 Å². The summed E-state index contributed by atoms with van der Waals surface area (Å²) >= 11 is 0. The highest BCUT2D eigenvalue weighted by Gasteiger charge is 2.40. The van der Waals surface area contributed by atoms with Crippen LogP contribution in [-0.2, 0) is 28.4 Å². The third-order valence-corrected chi connectivity index (χ3v) is 4.08. The minimum Gasteiger partial charge on any atom is -0.462 e. The molecule has 3 aromatic heterocycles. The molecule has 0 atom stereocenters. The maximum absolute atomic E-state index is 12.9. The smallest absolute Gasteiger partial charge is 0.436 e. The number of aromatic amines is 1. The lowest BCUT2D eigenvalue weighted by molar-refractivity contribution is -0.142. The van der Waals surface area contributed by atoms with Gasteiger partial charge in [0.2, 0.25) is 5.95 Å². The number of rotatable bonds is 6. The number of hydrogen-bond acceptors (Lipinski definition) is 7. The molecule has 0 amide bonds. The monoisotopic (exact) mass is 525 g/mol. The number of H-pyrrole nitrogens is 1. The van der Waals surface area contributed by atoms with Crippen LogP contribution in [0.15, 0.2) is 30.7 Å². The average Bonchev–Trinajstić information content (AvgIpc) is 3.44. The highest BCUT2D eigenvalue weighted by atomic mass is 19.4. The molecular weight excluding hydrogens is 507 g/mol. The fourth-order valence-corrected chi connectivity index (χ4v) is 2.62. The van der Waals surface area contributed by atoms with Gasteiger partial charge in [0.1, 0.15) is 11.1 Å². The minimum absolute atomic E-state index is 0.0152. The molecule has 3 rings (SSSR count). The number of carbonyl (C=O) groups excluding carboxylic acids is 2. The van der Waals surface area contributed by atoms with Gasteiger partial charge >= 0.3 is 24.3 Å². The van der Waals surface area contributed by atoms with Gasteiger partial charge in [-0.15, -0.1) is 0 Å². The molecule has 0 radical (unpaired) electrons. The molecule has 3 heterocycles. The van der Waals surface area contributed by atoms with Crippen molar-refractivity contribution in [2.75, 3.05) is 13.2 Å². The first-order valence-electron chi connectivity index (χ1n) is 9.97. The summed E-state index contributed by atoms with van der Waals surface area (Å²) in [5.74, 6) is -2.83. The first kappa shape index (κ1) is 28.3. The molecular formula is C20H18F7N5O4. The molecule has 196 valence electrons. The van der Waals surface area contributed by atoms with Crippen molar-refractivity contribution >= 4 is 11.9 Å². The predicted molar refractivity (Wildman–Crippen MR) is 106 cm³/mol. The lowest BCUT2D eigenvalue weighted by Gasteiger charge is -2.05. The second kappa shape index (κ2) is 11.6. The van der Waals surface area contributed by atoms with Crippen molar-refractivity contribution in [3.63, 3.8) is 0 Å². The molecule has 9 nitrogen and oxygen atoms in total. The van der Waals surface area contributed by atoms with Crippen molar-refractivity contribution in [3.05, 3.63) is 64.7 Å². The maximum atomic E-state index is 12.9. The molecule has 0 saturated heterocycles. The molecule has 0 aromatic carbocycles. The summed E-state index contributed by atoms with van der Waals surface area (Å²) in [6, 6.07) is 2.44. The molecule has 0 spiro atoms. The van der Waals surface area contributed by atoms with Gasteiger partial charge in [-0.3, -0.25) is 9.78 Å². The fraction of sp³-hybridized carbons (Fsp3) is 0.350. The van der Waals surface area contributed by atoms with E-state index >= 15 is 0 Å².